The topological polar surface area (TPSA) is 77.0 Å². The number of nitrogens with two attached hydrogens (primary N) is 1. The molecule has 2 aromatic heterocycles. The molecule has 0 fully saturated rings. The third-order valence-corrected chi connectivity index (χ3v) is 1.79. The smallest absolute Gasteiger partial charge is 0.146 e. The van der Waals surface area contributed by atoms with Gasteiger partial charge in [-0.1, -0.05) is 5.16 Å². The lowest BCUT2D eigenvalue weighted by atomic mass is 10.3. The fourth-order valence-corrected chi connectivity index (χ4v) is 1.08. The van der Waals surface area contributed by atoms with Gasteiger partial charge in [0.2, 0.25) is 0 Å². The standard InChI is InChI=1S/C9H10N4O/c10-9-8(2-1-4-11-9)12-6-7-3-5-14-13-7/h1-5,12H,6H2,(H2,10,11). The molecular formula is C9H10N4O. The van der Waals surface area contributed by atoms with Gasteiger partial charge in [0.1, 0.15) is 17.8 Å². The van der Waals surface area contributed by atoms with Crippen molar-refractivity contribution in [3.05, 3.63) is 36.4 Å². The first kappa shape index (κ1) is 8.55. The van der Waals surface area contributed by atoms with Crippen LogP contribution in [0.3, 0.4) is 0 Å². The van der Waals surface area contributed by atoms with Crippen LogP contribution in [-0.4, -0.2) is 10.1 Å². The van der Waals surface area contributed by atoms with Crippen LogP contribution in [-0.2, 0) is 6.54 Å². The summed E-state index contributed by atoms with van der Waals surface area (Å²) < 4.78 is 4.70. The lowest BCUT2D eigenvalue weighted by Gasteiger charge is -2.05. The van der Waals surface area contributed by atoms with E-state index in [0.717, 1.165) is 11.4 Å². The van der Waals surface area contributed by atoms with E-state index in [2.05, 4.69) is 15.5 Å². The zero-order valence-electron chi connectivity index (χ0n) is 7.47. The summed E-state index contributed by atoms with van der Waals surface area (Å²) in [6.45, 7) is 0.576. The predicted octanol–water partition coefficient (Wildman–Crippen LogP) is 1.26. The number of nitrogens with one attached hydrogen (secondary N) is 1. The maximum atomic E-state index is 5.64. The Morgan fingerprint density at radius 3 is 3.07 bits per heavy atom. The lowest BCUT2D eigenvalue weighted by Crippen LogP contribution is -2.03. The molecule has 0 saturated carbocycles. The summed E-state index contributed by atoms with van der Waals surface area (Å²) in [6, 6.07) is 5.48. The fraction of sp³-hybridized carbons (Fsp3) is 0.111. The minimum atomic E-state index is 0.482. The van der Waals surface area contributed by atoms with Gasteiger partial charge in [-0.05, 0) is 12.1 Å². The monoisotopic (exact) mass is 190 g/mol. The van der Waals surface area contributed by atoms with Crippen molar-refractivity contribution in [2.45, 2.75) is 6.54 Å². The molecule has 0 amide bonds. The maximum absolute atomic E-state index is 5.64. The summed E-state index contributed by atoms with van der Waals surface area (Å²) in [6.07, 6.45) is 3.18. The average Bonchev–Trinajstić information content (AvgIpc) is 2.69. The van der Waals surface area contributed by atoms with Gasteiger partial charge in [0.05, 0.1) is 12.2 Å². The Hall–Kier alpha value is -2.04. The van der Waals surface area contributed by atoms with Crippen LogP contribution in [0, 0.1) is 0 Å². The Morgan fingerprint density at radius 2 is 2.36 bits per heavy atom. The number of hydrogen-bond donors (Lipinski definition) is 2. The second kappa shape index (κ2) is 3.78. The predicted molar refractivity (Wildman–Crippen MR) is 52.5 cm³/mol. The molecule has 2 aromatic rings. The van der Waals surface area contributed by atoms with Crippen LogP contribution in [0.25, 0.3) is 0 Å². The van der Waals surface area contributed by atoms with Gasteiger partial charge >= 0.3 is 0 Å². The van der Waals surface area contributed by atoms with E-state index in [-0.39, 0.29) is 0 Å². The molecule has 2 rings (SSSR count). The van der Waals surface area contributed by atoms with Crippen molar-refractivity contribution in [2.75, 3.05) is 11.1 Å². The molecule has 0 bridgehead atoms. The van der Waals surface area contributed by atoms with Crippen molar-refractivity contribution in [1.29, 1.82) is 0 Å². The van der Waals surface area contributed by atoms with E-state index in [1.54, 1.807) is 12.3 Å². The summed E-state index contributed by atoms with van der Waals surface area (Å²) in [5.41, 5.74) is 7.27. The van der Waals surface area contributed by atoms with Crippen LogP contribution in [0.1, 0.15) is 5.69 Å². The van der Waals surface area contributed by atoms with Gasteiger partial charge in [-0.3, -0.25) is 0 Å². The van der Waals surface area contributed by atoms with Gasteiger partial charge in [-0.25, -0.2) is 4.98 Å². The molecule has 5 nitrogen and oxygen atoms in total. The summed E-state index contributed by atoms with van der Waals surface area (Å²) in [4.78, 5) is 3.95. The molecule has 5 heteroatoms. The van der Waals surface area contributed by atoms with Crippen LogP contribution >= 0.6 is 0 Å². The number of anilines is 2. The van der Waals surface area contributed by atoms with Crippen molar-refractivity contribution in [2.24, 2.45) is 0 Å². The van der Waals surface area contributed by atoms with Crippen LogP contribution in [0.4, 0.5) is 11.5 Å². The Labute approximate surface area is 80.9 Å². The lowest BCUT2D eigenvalue weighted by molar-refractivity contribution is 0.412. The van der Waals surface area contributed by atoms with E-state index in [1.165, 1.54) is 6.26 Å². The summed E-state index contributed by atoms with van der Waals surface area (Å²) in [5.74, 6) is 0.482. The van der Waals surface area contributed by atoms with E-state index in [4.69, 9.17) is 10.3 Å². The quantitative estimate of drug-likeness (QED) is 0.762. The second-order valence-electron chi connectivity index (χ2n) is 2.78. The molecule has 0 radical (unpaired) electrons. The first-order valence-electron chi connectivity index (χ1n) is 4.20. The van der Waals surface area contributed by atoms with Crippen molar-refractivity contribution in [3.63, 3.8) is 0 Å². The van der Waals surface area contributed by atoms with Gasteiger partial charge in [-0.2, -0.15) is 0 Å². The summed E-state index contributed by atoms with van der Waals surface area (Å²) >= 11 is 0. The van der Waals surface area contributed by atoms with Crippen molar-refractivity contribution >= 4 is 11.5 Å². The average molecular weight is 190 g/mol. The Balaban J connectivity index is 2.02. The van der Waals surface area contributed by atoms with E-state index in [9.17, 15) is 0 Å². The molecule has 0 spiro atoms. The summed E-state index contributed by atoms with van der Waals surface area (Å²) in [5, 5.41) is 6.87. The van der Waals surface area contributed by atoms with E-state index in [1.807, 2.05) is 12.1 Å². The van der Waals surface area contributed by atoms with Gasteiger partial charge < -0.3 is 15.6 Å². The zero-order valence-corrected chi connectivity index (χ0v) is 7.47. The number of pyridine rings is 1. The molecule has 14 heavy (non-hydrogen) atoms. The molecule has 72 valence electrons. The van der Waals surface area contributed by atoms with E-state index < -0.39 is 0 Å². The molecule has 0 saturated heterocycles. The molecule has 0 atom stereocenters. The summed E-state index contributed by atoms with van der Waals surface area (Å²) in [7, 11) is 0. The first-order valence-corrected chi connectivity index (χ1v) is 4.20. The number of hydrogen-bond acceptors (Lipinski definition) is 5. The number of aromatic nitrogens is 2. The number of nitrogen functional groups attached to an aromatic ring is 1. The van der Waals surface area contributed by atoms with Crippen LogP contribution < -0.4 is 11.1 Å². The Morgan fingerprint density at radius 1 is 1.43 bits per heavy atom. The van der Waals surface area contributed by atoms with Crippen molar-refractivity contribution in [1.82, 2.24) is 10.1 Å². The minimum absolute atomic E-state index is 0.482. The Bertz CT molecular complexity index is 399. The molecule has 2 heterocycles. The molecule has 0 aromatic carbocycles. The number of rotatable bonds is 3. The van der Waals surface area contributed by atoms with Gasteiger partial charge in [0.15, 0.2) is 0 Å². The van der Waals surface area contributed by atoms with Gasteiger partial charge in [0, 0.05) is 12.3 Å². The highest BCUT2D eigenvalue weighted by molar-refractivity contribution is 5.60. The molecule has 3 N–H and O–H groups in total. The minimum Gasteiger partial charge on any atom is -0.382 e. The third kappa shape index (κ3) is 1.82. The highest BCUT2D eigenvalue weighted by atomic mass is 16.5. The fourth-order valence-electron chi connectivity index (χ4n) is 1.08. The zero-order chi connectivity index (χ0) is 9.80. The first-order chi connectivity index (χ1) is 6.86. The van der Waals surface area contributed by atoms with Crippen LogP contribution in [0.5, 0.6) is 0 Å². The largest absolute Gasteiger partial charge is 0.382 e. The number of nitrogens with zero attached hydrogens (tertiary/aromatic N) is 2. The molecular weight excluding hydrogens is 180 g/mol. The van der Waals surface area contributed by atoms with E-state index >= 15 is 0 Å². The van der Waals surface area contributed by atoms with Gasteiger partial charge in [0.25, 0.3) is 0 Å². The van der Waals surface area contributed by atoms with E-state index in [0.29, 0.717) is 12.4 Å². The molecule has 0 aliphatic carbocycles. The van der Waals surface area contributed by atoms with Crippen LogP contribution in [0.15, 0.2) is 35.2 Å². The SMILES string of the molecule is Nc1ncccc1NCc1ccon1. The molecule has 0 aliphatic heterocycles. The van der Waals surface area contributed by atoms with Crippen molar-refractivity contribution < 1.29 is 4.52 Å². The Kier molecular flexibility index (Phi) is 2.31. The van der Waals surface area contributed by atoms with Crippen LogP contribution in [0.2, 0.25) is 0 Å². The third-order valence-electron chi connectivity index (χ3n) is 1.79. The molecule has 0 unspecified atom stereocenters. The van der Waals surface area contributed by atoms with Crippen molar-refractivity contribution in [3.8, 4) is 0 Å². The highest BCUT2D eigenvalue weighted by Crippen LogP contribution is 2.14. The molecule has 0 aliphatic rings. The van der Waals surface area contributed by atoms with Gasteiger partial charge in [-0.15, -0.1) is 0 Å². The second-order valence-corrected chi connectivity index (χ2v) is 2.78. The highest BCUT2D eigenvalue weighted by Gasteiger charge is 1.99. The maximum Gasteiger partial charge on any atom is 0.146 e. The normalized spacial score (nSPS) is 10.0.